The topological polar surface area (TPSA) is 66.0 Å². The molecule has 20 heavy (non-hydrogen) atoms. The number of hydrogen-bond donors (Lipinski definition) is 2. The Balaban J connectivity index is 1.99. The average molecular weight is 293 g/mol. The fourth-order valence-electron chi connectivity index (χ4n) is 1.54. The van der Waals surface area contributed by atoms with Crippen molar-refractivity contribution in [2.24, 2.45) is 0 Å². The highest BCUT2D eigenvalue weighted by Gasteiger charge is 2.01. The van der Waals surface area contributed by atoms with E-state index in [4.69, 9.17) is 11.6 Å². The number of nitrogens with one attached hydrogen (secondary N) is 2. The van der Waals surface area contributed by atoms with Crippen LogP contribution in [0.4, 0.5) is 17.5 Å². The molecule has 0 radical (unpaired) electrons. The number of nitrogens with zero attached hydrogens (tertiary/aromatic N) is 4. The molecule has 6 nitrogen and oxygen atoms in total. The van der Waals surface area contributed by atoms with Gasteiger partial charge in [0, 0.05) is 23.8 Å². The van der Waals surface area contributed by atoms with E-state index in [0.29, 0.717) is 16.8 Å². The molecular formula is C13H17ClN6. The predicted molar refractivity (Wildman–Crippen MR) is 81.6 cm³/mol. The monoisotopic (exact) mass is 292 g/mol. The van der Waals surface area contributed by atoms with Crippen molar-refractivity contribution < 1.29 is 0 Å². The van der Waals surface area contributed by atoms with E-state index in [1.165, 1.54) is 0 Å². The zero-order valence-electron chi connectivity index (χ0n) is 11.5. The highest BCUT2D eigenvalue weighted by molar-refractivity contribution is 6.30. The quantitative estimate of drug-likeness (QED) is 0.851. The Morgan fingerprint density at radius 2 is 2.15 bits per heavy atom. The first-order chi connectivity index (χ1) is 9.63. The van der Waals surface area contributed by atoms with Crippen molar-refractivity contribution in [1.82, 2.24) is 20.1 Å². The van der Waals surface area contributed by atoms with E-state index in [1.54, 1.807) is 12.3 Å². The largest absolute Gasteiger partial charge is 0.367 e. The van der Waals surface area contributed by atoms with E-state index >= 15 is 0 Å². The summed E-state index contributed by atoms with van der Waals surface area (Å²) in [6, 6.07) is 7.36. The van der Waals surface area contributed by atoms with E-state index in [2.05, 4.69) is 30.7 Å². The van der Waals surface area contributed by atoms with Crippen LogP contribution < -0.4 is 10.6 Å². The van der Waals surface area contributed by atoms with Crippen LogP contribution in [0.1, 0.15) is 0 Å². The molecule has 0 bridgehead atoms. The molecule has 0 fully saturated rings. The molecule has 2 aromatic rings. The second-order valence-electron chi connectivity index (χ2n) is 4.53. The Labute approximate surface area is 123 Å². The summed E-state index contributed by atoms with van der Waals surface area (Å²) < 4.78 is 0. The standard InChI is InChI=1S/C13H17ClN6/c1-20(2)7-6-15-12-9-16-19-13(18-12)17-11-5-3-4-10(14)8-11/h3-5,8-9H,6-7H2,1-2H3,(H2,15,17,18,19). The van der Waals surface area contributed by atoms with Gasteiger partial charge in [0.05, 0.1) is 6.20 Å². The highest BCUT2D eigenvalue weighted by atomic mass is 35.5. The maximum atomic E-state index is 5.93. The normalized spacial score (nSPS) is 10.6. The first kappa shape index (κ1) is 14.5. The third-order valence-corrected chi connectivity index (χ3v) is 2.74. The number of benzene rings is 1. The lowest BCUT2D eigenvalue weighted by molar-refractivity contribution is 0.425. The first-order valence-electron chi connectivity index (χ1n) is 6.24. The van der Waals surface area contributed by atoms with Crippen LogP contribution in [0.3, 0.4) is 0 Å². The van der Waals surface area contributed by atoms with Crippen molar-refractivity contribution >= 4 is 29.1 Å². The van der Waals surface area contributed by atoms with Crippen molar-refractivity contribution in [1.29, 1.82) is 0 Å². The van der Waals surface area contributed by atoms with Crippen molar-refractivity contribution in [3.05, 3.63) is 35.5 Å². The number of hydrogen-bond acceptors (Lipinski definition) is 6. The molecule has 1 aromatic heterocycles. The summed E-state index contributed by atoms with van der Waals surface area (Å²) in [4.78, 5) is 6.43. The van der Waals surface area contributed by atoms with E-state index in [1.807, 2.05) is 32.3 Å². The summed E-state index contributed by atoms with van der Waals surface area (Å²) in [6.07, 6.45) is 1.60. The highest BCUT2D eigenvalue weighted by Crippen LogP contribution is 2.17. The molecule has 1 aromatic carbocycles. The van der Waals surface area contributed by atoms with Crippen molar-refractivity contribution in [3.8, 4) is 0 Å². The number of anilines is 3. The van der Waals surface area contributed by atoms with Crippen LogP contribution >= 0.6 is 11.6 Å². The molecule has 0 atom stereocenters. The minimum absolute atomic E-state index is 0.433. The summed E-state index contributed by atoms with van der Waals surface area (Å²) in [5, 5.41) is 14.8. The molecule has 0 aliphatic carbocycles. The Bertz CT molecular complexity index is 560. The number of aromatic nitrogens is 3. The maximum Gasteiger partial charge on any atom is 0.249 e. The fourth-order valence-corrected chi connectivity index (χ4v) is 1.73. The smallest absolute Gasteiger partial charge is 0.249 e. The lowest BCUT2D eigenvalue weighted by Gasteiger charge is -2.11. The summed E-state index contributed by atoms with van der Waals surface area (Å²) in [5.41, 5.74) is 0.824. The van der Waals surface area contributed by atoms with Crippen LogP contribution in [-0.2, 0) is 0 Å². The first-order valence-corrected chi connectivity index (χ1v) is 6.62. The van der Waals surface area contributed by atoms with Gasteiger partial charge in [0.2, 0.25) is 5.95 Å². The van der Waals surface area contributed by atoms with Gasteiger partial charge in [0.15, 0.2) is 5.82 Å². The predicted octanol–water partition coefficient (Wildman–Crippen LogP) is 2.24. The maximum absolute atomic E-state index is 5.93. The Hall–Kier alpha value is -1.92. The lowest BCUT2D eigenvalue weighted by Crippen LogP contribution is -2.21. The Morgan fingerprint density at radius 3 is 2.90 bits per heavy atom. The number of rotatable bonds is 6. The summed E-state index contributed by atoms with van der Waals surface area (Å²) in [7, 11) is 4.04. The van der Waals surface area contributed by atoms with Crippen LogP contribution in [0.2, 0.25) is 5.02 Å². The zero-order valence-corrected chi connectivity index (χ0v) is 12.2. The van der Waals surface area contributed by atoms with Crippen LogP contribution in [-0.4, -0.2) is 47.3 Å². The molecule has 106 valence electrons. The molecule has 2 N–H and O–H groups in total. The molecule has 0 unspecified atom stereocenters. The summed E-state index contributed by atoms with van der Waals surface area (Å²) in [5.74, 6) is 1.12. The second kappa shape index (κ2) is 7.02. The fraction of sp³-hybridized carbons (Fsp3) is 0.308. The zero-order chi connectivity index (χ0) is 14.4. The van der Waals surface area contributed by atoms with Crippen molar-refractivity contribution in [2.45, 2.75) is 0 Å². The molecule has 0 saturated carbocycles. The lowest BCUT2D eigenvalue weighted by atomic mass is 10.3. The number of likely N-dealkylation sites (N-methyl/N-ethyl adjacent to an activating group) is 1. The minimum atomic E-state index is 0.433. The third kappa shape index (κ3) is 4.64. The second-order valence-corrected chi connectivity index (χ2v) is 4.97. The van der Waals surface area contributed by atoms with E-state index in [9.17, 15) is 0 Å². The number of halogens is 1. The van der Waals surface area contributed by atoms with Crippen molar-refractivity contribution in [2.75, 3.05) is 37.8 Å². The van der Waals surface area contributed by atoms with E-state index in [-0.39, 0.29) is 0 Å². The molecular weight excluding hydrogens is 276 g/mol. The Kier molecular flexibility index (Phi) is 5.09. The Morgan fingerprint density at radius 1 is 1.30 bits per heavy atom. The van der Waals surface area contributed by atoms with Crippen LogP contribution in [0.15, 0.2) is 30.5 Å². The van der Waals surface area contributed by atoms with Gasteiger partial charge in [0.1, 0.15) is 0 Å². The van der Waals surface area contributed by atoms with Crippen LogP contribution in [0, 0.1) is 0 Å². The van der Waals surface area contributed by atoms with Gasteiger partial charge < -0.3 is 15.5 Å². The van der Waals surface area contributed by atoms with Crippen LogP contribution in [0.25, 0.3) is 0 Å². The van der Waals surface area contributed by atoms with Gasteiger partial charge in [-0.15, -0.1) is 5.10 Å². The van der Waals surface area contributed by atoms with Gasteiger partial charge in [-0.25, -0.2) is 0 Å². The minimum Gasteiger partial charge on any atom is -0.367 e. The molecule has 0 spiro atoms. The van der Waals surface area contributed by atoms with Gasteiger partial charge in [-0.05, 0) is 32.3 Å². The van der Waals surface area contributed by atoms with E-state index < -0.39 is 0 Å². The van der Waals surface area contributed by atoms with Crippen molar-refractivity contribution in [3.63, 3.8) is 0 Å². The third-order valence-electron chi connectivity index (χ3n) is 2.50. The van der Waals surface area contributed by atoms with Crippen LogP contribution in [0.5, 0.6) is 0 Å². The molecule has 1 heterocycles. The molecule has 7 heteroatoms. The molecule has 0 aliphatic rings. The van der Waals surface area contributed by atoms with Gasteiger partial charge in [0.25, 0.3) is 0 Å². The van der Waals surface area contributed by atoms with Gasteiger partial charge in [-0.1, -0.05) is 17.7 Å². The molecule has 0 saturated heterocycles. The van der Waals surface area contributed by atoms with E-state index in [0.717, 1.165) is 18.8 Å². The molecule has 0 amide bonds. The van der Waals surface area contributed by atoms with Gasteiger partial charge >= 0.3 is 0 Å². The average Bonchev–Trinajstić information content (AvgIpc) is 2.39. The summed E-state index contributed by atoms with van der Waals surface area (Å²) >= 11 is 5.93. The summed E-state index contributed by atoms with van der Waals surface area (Å²) in [6.45, 7) is 1.71. The molecule has 2 rings (SSSR count). The van der Waals surface area contributed by atoms with Gasteiger partial charge in [-0.2, -0.15) is 10.1 Å². The van der Waals surface area contributed by atoms with Gasteiger partial charge in [-0.3, -0.25) is 0 Å². The SMILES string of the molecule is CN(C)CCNc1cnnc(Nc2cccc(Cl)c2)n1. The molecule has 0 aliphatic heterocycles.